The molecule has 6 aromatic carbocycles. The van der Waals surface area contributed by atoms with E-state index in [1.807, 2.05) is 54.6 Å². The predicted octanol–water partition coefficient (Wildman–Crippen LogP) is 11.3. The number of fused-ring (bicyclic) bond motifs is 12. The van der Waals surface area contributed by atoms with Crippen LogP contribution in [0.15, 0.2) is 151 Å². The lowest BCUT2D eigenvalue weighted by Crippen LogP contribution is -2.10. The second-order valence-electron chi connectivity index (χ2n) is 12.1. The normalized spacial score (nSPS) is 12.8. The molecule has 3 aromatic heterocycles. The number of para-hydroxylation sites is 2. The van der Waals surface area contributed by atoms with Crippen LogP contribution in [-0.4, -0.2) is 14.7 Å². The van der Waals surface area contributed by atoms with E-state index in [0.717, 1.165) is 60.6 Å². The molecule has 0 aliphatic heterocycles. The molecule has 3 heterocycles. The van der Waals surface area contributed by atoms with Gasteiger partial charge in [-0.2, -0.15) is 0 Å². The van der Waals surface area contributed by atoms with Crippen molar-refractivity contribution >= 4 is 94.6 Å². The van der Waals surface area contributed by atoms with Gasteiger partial charge in [-0.25, -0.2) is 0 Å². The topological polar surface area (TPSA) is 47.7 Å². The molecule has 4 nitrogen and oxygen atoms in total. The van der Waals surface area contributed by atoms with E-state index >= 15 is 0 Å². The molecule has 9 rings (SSSR count). The first-order valence-electron chi connectivity index (χ1n) is 15.8. The zero-order valence-corrected chi connectivity index (χ0v) is 27.3. The number of nitrogens with two attached hydrogens (primary N) is 1. The fraction of sp³-hybridized carbons (Fsp3) is 0.0238. The smallest absolute Gasteiger partial charge is 0.110 e. The average Bonchev–Trinajstić information content (AvgIpc) is 3.67. The van der Waals surface area contributed by atoms with Gasteiger partial charge in [-0.3, -0.25) is 9.56 Å². The second-order valence-corrected chi connectivity index (χ2v) is 13.0. The van der Waals surface area contributed by atoms with Gasteiger partial charge < -0.3 is 10.1 Å². The molecule has 2 N–H and O–H groups in total. The SMILES string of the molecule is N/C(=C\C(=NCc1cccc(Cl)c1)c1cccc(Cl)c1)n1c2ccccc2c2ccc3cc4c5ccccc5c5ccccc5n4c3c21. The van der Waals surface area contributed by atoms with Gasteiger partial charge in [0, 0.05) is 48.6 Å². The number of rotatable bonds is 5. The molecule has 0 saturated heterocycles. The summed E-state index contributed by atoms with van der Waals surface area (Å²) >= 11 is 12.8. The molecule has 0 saturated carbocycles. The van der Waals surface area contributed by atoms with Crippen molar-refractivity contribution in [2.75, 3.05) is 0 Å². The monoisotopic (exact) mass is 658 g/mol. The second kappa shape index (κ2) is 11.3. The first-order valence-corrected chi connectivity index (χ1v) is 16.6. The van der Waals surface area contributed by atoms with Crippen molar-refractivity contribution in [1.82, 2.24) is 8.97 Å². The Hall–Kier alpha value is -5.55. The van der Waals surface area contributed by atoms with Gasteiger partial charge in [0.1, 0.15) is 5.82 Å². The Morgan fingerprint density at radius 1 is 0.583 bits per heavy atom. The van der Waals surface area contributed by atoms with E-state index in [-0.39, 0.29) is 0 Å². The minimum absolute atomic E-state index is 0.437. The molecule has 6 heteroatoms. The average molecular weight is 660 g/mol. The number of aromatic nitrogens is 2. The number of hydrogen-bond donors (Lipinski definition) is 1. The molecule has 0 amide bonds. The summed E-state index contributed by atoms with van der Waals surface area (Å²) < 4.78 is 4.59. The highest BCUT2D eigenvalue weighted by molar-refractivity contribution is 6.31. The fourth-order valence-electron chi connectivity index (χ4n) is 7.18. The molecule has 0 atom stereocenters. The maximum absolute atomic E-state index is 7.23. The van der Waals surface area contributed by atoms with Gasteiger partial charge in [-0.05, 0) is 53.4 Å². The van der Waals surface area contributed by atoms with Gasteiger partial charge in [-0.15, -0.1) is 0 Å². The number of benzene rings is 6. The summed E-state index contributed by atoms with van der Waals surface area (Å²) in [4.78, 5) is 5.06. The Labute approximate surface area is 286 Å². The van der Waals surface area contributed by atoms with Crippen molar-refractivity contribution in [2.45, 2.75) is 6.54 Å². The molecule has 0 aliphatic carbocycles. The molecule has 0 aliphatic rings. The van der Waals surface area contributed by atoms with Gasteiger partial charge in [-0.1, -0.05) is 120 Å². The molecule has 0 bridgehead atoms. The van der Waals surface area contributed by atoms with E-state index in [0.29, 0.717) is 22.4 Å². The Balaban J connectivity index is 1.37. The molecular formula is C42H28Cl2N4. The van der Waals surface area contributed by atoms with E-state index < -0.39 is 0 Å². The zero-order valence-electron chi connectivity index (χ0n) is 25.7. The Morgan fingerprint density at radius 3 is 1.98 bits per heavy atom. The van der Waals surface area contributed by atoms with Crippen molar-refractivity contribution < 1.29 is 0 Å². The van der Waals surface area contributed by atoms with Gasteiger partial charge in [0.25, 0.3) is 0 Å². The molecule has 9 aromatic rings. The lowest BCUT2D eigenvalue weighted by atomic mass is 10.1. The number of nitrogens with zero attached hydrogens (tertiary/aromatic N) is 3. The highest BCUT2D eigenvalue weighted by atomic mass is 35.5. The largest absolute Gasteiger partial charge is 0.385 e. The third-order valence-electron chi connectivity index (χ3n) is 9.22. The van der Waals surface area contributed by atoms with Crippen LogP contribution in [-0.2, 0) is 6.54 Å². The summed E-state index contributed by atoms with van der Waals surface area (Å²) in [6.07, 6.45) is 1.96. The quantitative estimate of drug-likeness (QED) is 0.145. The van der Waals surface area contributed by atoms with Crippen LogP contribution in [0.4, 0.5) is 0 Å². The Bertz CT molecular complexity index is 2800. The van der Waals surface area contributed by atoms with E-state index in [1.54, 1.807) is 0 Å². The lowest BCUT2D eigenvalue weighted by Gasteiger charge is -2.13. The van der Waals surface area contributed by atoms with E-state index in [2.05, 4.69) is 100.0 Å². The summed E-state index contributed by atoms with van der Waals surface area (Å²) in [5, 5.41) is 8.37. The van der Waals surface area contributed by atoms with E-state index in [4.69, 9.17) is 33.9 Å². The van der Waals surface area contributed by atoms with Crippen LogP contribution in [0.3, 0.4) is 0 Å². The third-order valence-corrected chi connectivity index (χ3v) is 9.69. The van der Waals surface area contributed by atoms with Crippen LogP contribution in [0.1, 0.15) is 11.1 Å². The summed E-state index contributed by atoms with van der Waals surface area (Å²) in [6, 6.07) is 48.0. The highest BCUT2D eigenvalue weighted by Crippen LogP contribution is 2.40. The van der Waals surface area contributed by atoms with Crippen LogP contribution in [0, 0.1) is 0 Å². The van der Waals surface area contributed by atoms with Gasteiger partial charge in [0.05, 0.1) is 39.8 Å². The maximum atomic E-state index is 7.23. The van der Waals surface area contributed by atoms with Gasteiger partial charge >= 0.3 is 0 Å². The Morgan fingerprint density at radius 2 is 1.23 bits per heavy atom. The van der Waals surface area contributed by atoms with Crippen molar-refractivity contribution in [3.63, 3.8) is 0 Å². The van der Waals surface area contributed by atoms with Crippen LogP contribution in [0.5, 0.6) is 0 Å². The lowest BCUT2D eigenvalue weighted by molar-refractivity contribution is 1.07. The van der Waals surface area contributed by atoms with Crippen LogP contribution in [0.25, 0.3) is 65.7 Å². The van der Waals surface area contributed by atoms with Gasteiger partial charge in [0.15, 0.2) is 0 Å². The molecule has 0 unspecified atom stereocenters. The highest BCUT2D eigenvalue weighted by Gasteiger charge is 2.20. The molecule has 48 heavy (non-hydrogen) atoms. The van der Waals surface area contributed by atoms with E-state index in [1.165, 1.54) is 16.2 Å². The van der Waals surface area contributed by atoms with Crippen LogP contribution >= 0.6 is 23.2 Å². The number of halogens is 2. The summed E-state index contributed by atoms with van der Waals surface area (Å²) in [7, 11) is 0. The van der Waals surface area contributed by atoms with Gasteiger partial charge in [0.2, 0.25) is 0 Å². The molecule has 0 fully saturated rings. The summed E-state index contributed by atoms with van der Waals surface area (Å²) in [6.45, 7) is 0.437. The van der Waals surface area contributed by atoms with Crippen LogP contribution < -0.4 is 5.73 Å². The number of aliphatic imine (C=N–C) groups is 1. The molecule has 0 radical (unpaired) electrons. The van der Waals surface area contributed by atoms with Crippen molar-refractivity contribution in [3.8, 4) is 0 Å². The zero-order chi connectivity index (χ0) is 32.4. The fourth-order valence-corrected chi connectivity index (χ4v) is 7.58. The van der Waals surface area contributed by atoms with Crippen LogP contribution in [0.2, 0.25) is 10.0 Å². The molecule has 0 spiro atoms. The molecular weight excluding hydrogens is 631 g/mol. The maximum Gasteiger partial charge on any atom is 0.110 e. The summed E-state index contributed by atoms with van der Waals surface area (Å²) in [5.41, 5.74) is 15.3. The standard InChI is InChI=1S/C42H28Cl2N4/c43-29-11-7-9-26(21-29)25-46-36(27-10-8-12-30(44)22-27)24-40(45)48-38-18-6-4-16-34(38)35-20-19-28-23-39-33-15-2-1-13-31(33)32-14-3-5-17-37(32)47(39)41(28)42(35)48/h1-24H,25,45H2/b40-24+,46-36?. The van der Waals surface area contributed by atoms with Crippen molar-refractivity contribution in [2.24, 2.45) is 10.7 Å². The number of hydrogen-bond acceptors (Lipinski definition) is 2. The predicted molar refractivity (Wildman–Crippen MR) is 205 cm³/mol. The van der Waals surface area contributed by atoms with Crippen molar-refractivity contribution in [3.05, 3.63) is 167 Å². The summed E-state index contributed by atoms with van der Waals surface area (Å²) in [5.74, 6) is 0.554. The number of allylic oxidation sites excluding steroid dienone is 1. The Kier molecular flexibility index (Phi) is 6.75. The first kappa shape index (κ1) is 28.7. The minimum atomic E-state index is 0.437. The first-order chi connectivity index (χ1) is 23.5. The van der Waals surface area contributed by atoms with Crippen molar-refractivity contribution in [1.29, 1.82) is 0 Å². The number of pyridine rings is 1. The minimum Gasteiger partial charge on any atom is -0.385 e. The molecule has 230 valence electrons. The van der Waals surface area contributed by atoms with E-state index in [9.17, 15) is 0 Å². The third kappa shape index (κ3) is 4.56.